The summed E-state index contributed by atoms with van der Waals surface area (Å²) in [6.07, 6.45) is 5.19. The van der Waals surface area contributed by atoms with Gasteiger partial charge in [0.15, 0.2) is 0 Å². The number of halogens is 1. The third-order valence-corrected chi connectivity index (χ3v) is 5.07. The van der Waals surface area contributed by atoms with Crippen molar-refractivity contribution < 1.29 is 0 Å². The summed E-state index contributed by atoms with van der Waals surface area (Å²) in [6.45, 7) is 2.27. The van der Waals surface area contributed by atoms with E-state index in [1.54, 1.807) is 11.3 Å². The fourth-order valence-corrected chi connectivity index (χ4v) is 3.85. The highest BCUT2D eigenvalue weighted by molar-refractivity contribution is 7.10. The maximum Gasteiger partial charge on any atom is 0.0561 e. The molecular formula is C12H18ClNS. The first kappa shape index (κ1) is 11.4. The largest absolute Gasteiger partial charge is 0.323 e. The van der Waals surface area contributed by atoms with E-state index in [-0.39, 0.29) is 6.04 Å². The van der Waals surface area contributed by atoms with Crippen LogP contribution < -0.4 is 5.73 Å². The van der Waals surface area contributed by atoms with Crippen LogP contribution in [0.4, 0.5) is 0 Å². The first-order valence-corrected chi connectivity index (χ1v) is 6.96. The van der Waals surface area contributed by atoms with Crippen molar-refractivity contribution in [3.8, 4) is 0 Å². The number of hydrogen-bond acceptors (Lipinski definition) is 2. The molecule has 0 saturated heterocycles. The van der Waals surface area contributed by atoms with Crippen molar-refractivity contribution in [3.63, 3.8) is 0 Å². The molecule has 3 heteroatoms. The van der Waals surface area contributed by atoms with Crippen LogP contribution in [0.5, 0.6) is 0 Å². The topological polar surface area (TPSA) is 26.0 Å². The summed E-state index contributed by atoms with van der Waals surface area (Å²) >= 11 is 7.81. The number of nitrogens with two attached hydrogens (primary N) is 1. The van der Waals surface area contributed by atoms with Crippen molar-refractivity contribution in [2.75, 3.05) is 0 Å². The molecule has 0 spiro atoms. The first-order chi connectivity index (χ1) is 7.22. The molecule has 1 fully saturated rings. The summed E-state index contributed by atoms with van der Waals surface area (Å²) in [5.74, 6) is 1.53. The van der Waals surface area contributed by atoms with Crippen LogP contribution in [-0.4, -0.2) is 0 Å². The van der Waals surface area contributed by atoms with Crippen molar-refractivity contribution in [2.45, 2.75) is 38.6 Å². The van der Waals surface area contributed by atoms with E-state index in [4.69, 9.17) is 17.3 Å². The Balaban J connectivity index is 2.03. The Labute approximate surface area is 101 Å². The van der Waals surface area contributed by atoms with E-state index in [0.29, 0.717) is 5.92 Å². The number of hydrogen-bond donors (Lipinski definition) is 1. The summed E-state index contributed by atoms with van der Waals surface area (Å²) in [7, 11) is 0. The van der Waals surface area contributed by atoms with Gasteiger partial charge in [-0.25, -0.2) is 0 Å². The third kappa shape index (κ3) is 2.38. The van der Waals surface area contributed by atoms with E-state index in [1.807, 2.05) is 11.4 Å². The summed E-state index contributed by atoms with van der Waals surface area (Å²) in [5.41, 5.74) is 6.29. The van der Waals surface area contributed by atoms with Gasteiger partial charge in [0.05, 0.1) is 5.02 Å². The lowest BCUT2D eigenvalue weighted by Gasteiger charge is -2.18. The van der Waals surface area contributed by atoms with Crippen LogP contribution in [0.3, 0.4) is 0 Å². The van der Waals surface area contributed by atoms with Gasteiger partial charge in [-0.1, -0.05) is 31.4 Å². The lowest BCUT2D eigenvalue weighted by Crippen LogP contribution is -2.18. The van der Waals surface area contributed by atoms with Gasteiger partial charge in [-0.15, -0.1) is 11.3 Å². The number of rotatable bonds is 3. The maximum absolute atomic E-state index is 6.29. The zero-order valence-corrected chi connectivity index (χ0v) is 10.7. The Morgan fingerprint density at radius 1 is 1.60 bits per heavy atom. The predicted molar refractivity (Wildman–Crippen MR) is 67.4 cm³/mol. The Morgan fingerprint density at radius 2 is 2.40 bits per heavy atom. The number of thiophene rings is 1. The molecule has 0 bridgehead atoms. The van der Waals surface area contributed by atoms with Crippen LogP contribution >= 0.6 is 22.9 Å². The molecule has 3 atom stereocenters. The van der Waals surface area contributed by atoms with Gasteiger partial charge >= 0.3 is 0 Å². The second-order valence-electron chi connectivity index (χ2n) is 4.51. The lowest BCUT2D eigenvalue weighted by atomic mass is 9.95. The molecule has 1 heterocycles. The Kier molecular flexibility index (Phi) is 3.70. The first-order valence-electron chi connectivity index (χ1n) is 5.70. The highest BCUT2D eigenvalue weighted by Gasteiger charge is 2.30. The lowest BCUT2D eigenvalue weighted by molar-refractivity contribution is 0.420. The van der Waals surface area contributed by atoms with Gasteiger partial charge in [-0.2, -0.15) is 0 Å². The molecule has 84 valence electrons. The SMILES string of the molecule is CCC1CCC(C(N)c2sccc2Cl)C1. The van der Waals surface area contributed by atoms with E-state index in [9.17, 15) is 0 Å². The van der Waals surface area contributed by atoms with Crippen LogP contribution in [0.15, 0.2) is 11.4 Å². The van der Waals surface area contributed by atoms with Crippen molar-refractivity contribution in [1.82, 2.24) is 0 Å². The molecule has 0 aliphatic heterocycles. The minimum Gasteiger partial charge on any atom is -0.323 e. The molecule has 0 radical (unpaired) electrons. The van der Waals surface area contributed by atoms with Gasteiger partial charge in [-0.3, -0.25) is 0 Å². The van der Waals surface area contributed by atoms with Gasteiger partial charge < -0.3 is 5.73 Å². The highest BCUT2D eigenvalue weighted by Crippen LogP contribution is 2.42. The van der Waals surface area contributed by atoms with Crippen LogP contribution in [0.2, 0.25) is 5.02 Å². The molecule has 0 aromatic carbocycles. The van der Waals surface area contributed by atoms with Crippen LogP contribution in [0.25, 0.3) is 0 Å². The van der Waals surface area contributed by atoms with Gasteiger partial charge in [0.25, 0.3) is 0 Å². The minimum atomic E-state index is 0.161. The normalized spacial score (nSPS) is 28.2. The fraction of sp³-hybridized carbons (Fsp3) is 0.667. The Bertz CT molecular complexity index is 323. The molecule has 0 amide bonds. The van der Waals surface area contributed by atoms with Crippen molar-refractivity contribution in [2.24, 2.45) is 17.6 Å². The van der Waals surface area contributed by atoms with E-state index in [2.05, 4.69) is 6.92 Å². The van der Waals surface area contributed by atoms with Crippen molar-refractivity contribution in [3.05, 3.63) is 21.3 Å². The zero-order valence-electron chi connectivity index (χ0n) is 9.08. The van der Waals surface area contributed by atoms with E-state index < -0.39 is 0 Å². The molecule has 1 saturated carbocycles. The standard InChI is InChI=1S/C12H18ClNS/c1-2-8-3-4-9(7-8)11(14)12-10(13)5-6-15-12/h5-6,8-9,11H,2-4,7,14H2,1H3. The third-order valence-electron chi connectivity index (χ3n) is 3.61. The molecule has 1 aromatic heterocycles. The molecule has 2 N–H and O–H groups in total. The van der Waals surface area contributed by atoms with Gasteiger partial charge in [0.1, 0.15) is 0 Å². The second kappa shape index (κ2) is 4.86. The second-order valence-corrected chi connectivity index (χ2v) is 5.86. The van der Waals surface area contributed by atoms with Crippen molar-refractivity contribution in [1.29, 1.82) is 0 Å². The average molecular weight is 244 g/mol. The molecule has 1 aliphatic carbocycles. The zero-order chi connectivity index (χ0) is 10.8. The summed E-state index contributed by atoms with van der Waals surface area (Å²) in [4.78, 5) is 1.18. The van der Waals surface area contributed by atoms with E-state index in [0.717, 1.165) is 10.9 Å². The van der Waals surface area contributed by atoms with Crippen LogP contribution in [-0.2, 0) is 0 Å². The molecule has 2 rings (SSSR count). The van der Waals surface area contributed by atoms with E-state index in [1.165, 1.54) is 30.6 Å². The smallest absolute Gasteiger partial charge is 0.0561 e. The average Bonchev–Trinajstić information content (AvgIpc) is 2.84. The fourth-order valence-electron chi connectivity index (χ4n) is 2.57. The molecule has 1 aliphatic rings. The molecule has 3 unspecified atom stereocenters. The van der Waals surface area contributed by atoms with Gasteiger partial charge in [0.2, 0.25) is 0 Å². The Morgan fingerprint density at radius 3 is 2.93 bits per heavy atom. The van der Waals surface area contributed by atoms with Crippen LogP contribution in [0.1, 0.15) is 43.5 Å². The van der Waals surface area contributed by atoms with Gasteiger partial charge in [-0.05, 0) is 36.1 Å². The summed E-state index contributed by atoms with van der Waals surface area (Å²) in [5, 5.41) is 2.89. The summed E-state index contributed by atoms with van der Waals surface area (Å²) < 4.78 is 0. The maximum atomic E-state index is 6.29. The quantitative estimate of drug-likeness (QED) is 0.845. The van der Waals surface area contributed by atoms with Crippen molar-refractivity contribution >= 4 is 22.9 Å². The molecule has 1 aromatic rings. The highest BCUT2D eigenvalue weighted by atomic mass is 35.5. The molecular weight excluding hydrogens is 226 g/mol. The molecule has 15 heavy (non-hydrogen) atoms. The molecule has 1 nitrogen and oxygen atoms in total. The van der Waals surface area contributed by atoms with Crippen LogP contribution in [0, 0.1) is 11.8 Å². The summed E-state index contributed by atoms with van der Waals surface area (Å²) in [6, 6.07) is 2.11. The van der Waals surface area contributed by atoms with E-state index >= 15 is 0 Å². The van der Waals surface area contributed by atoms with Gasteiger partial charge in [0, 0.05) is 10.9 Å². The predicted octanol–water partition coefficient (Wildman–Crippen LogP) is 4.23. The minimum absolute atomic E-state index is 0.161. The monoisotopic (exact) mass is 243 g/mol. The Hall–Kier alpha value is -0.0500.